The first kappa shape index (κ1) is 19.2. The van der Waals surface area contributed by atoms with Crippen LogP contribution < -0.4 is 9.47 Å². The molecule has 0 aliphatic carbocycles. The lowest BCUT2D eigenvalue weighted by Gasteiger charge is -2.38. The van der Waals surface area contributed by atoms with Crippen LogP contribution in [0.25, 0.3) is 0 Å². The van der Waals surface area contributed by atoms with Gasteiger partial charge in [-0.15, -0.1) is 0 Å². The SMILES string of the molecule is CCOc1ccc(C2=NN3[C@@H](c4ccc(C)cc4)Oc4ccc(Br)cc4[C@@H]3C2)cc1. The Morgan fingerprint density at radius 2 is 1.83 bits per heavy atom. The minimum absolute atomic E-state index is 0.138. The highest BCUT2D eigenvalue weighted by Gasteiger charge is 2.41. The molecule has 30 heavy (non-hydrogen) atoms. The third kappa shape index (κ3) is 3.47. The van der Waals surface area contributed by atoms with Gasteiger partial charge in [-0.25, -0.2) is 5.01 Å². The van der Waals surface area contributed by atoms with Gasteiger partial charge in [-0.1, -0.05) is 45.8 Å². The smallest absolute Gasteiger partial charge is 0.213 e. The topological polar surface area (TPSA) is 34.1 Å². The average molecular weight is 463 g/mol. The molecule has 2 atom stereocenters. The zero-order valence-corrected chi connectivity index (χ0v) is 18.6. The van der Waals surface area contributed by atoms with Gasteiger partial charge in [0, 0.05) is 22.0 Å². The molecule has 2 aliphatic rings. The Hall–Kier alpha value is -2.79. The molecule has 0 saturated carbocycles. The third-order valence-electron chi connectivity index (χ3n) is 5.61. The molecular formula is C25H23BrN2O2. The summed E-state index contributed by atoms with van der Waals surface area (Å²) < 4.78 is 13.1. The van der Waals surface area contributed by atoms with Crippen molar-refractivity contribution < 1.29 is 9.47 Å². The Labute approximate surface area is 185 Å². The van der Waals surface area contributed by atoms with Gasteiger partial charge < -0.3 is 9.47 Å². The van der Waals surface area contributed by atoms with Gasteiger partial charge in [0.15, 0.2) is 0 Å². The minimum atomic E-state index is -0.246. The number of nitrogens with zero attached hydrogens (tertiary/aromatic N) is 2. The van der Waals surface area contributed by atoms with Crippen LogP contribution in [0.4, 0.5) is 0 Å². The fourth-order valence-corrected chi connectivity index (χ4v) is 4.47. The van der Waals surface area contributed by atoms with Gasteiger partial charge in [0.25, 0.3) is 0 Å². The number of ether oxygens (including phenoxy) is 2. The number of rotatable bonds is 4. The molecule has 3 aromatic carbocycles. The van der Waals surface area contributed by atoms with Crippen LogP contribution in [0, 0.1) is 6.92 Å². The highest BCUT2D eigenvalue weighted by atomic mass is 79.9. The van der Waals surface area contributed by atoms with Crippen LogP contribution in [-0.4, -0.2) is 17.3 Å². The molecule has 152 valence electrons. The summed E-state index contributed by atoms with van der Waals surface area (Å²) in [6.45, 7) is 4.75. The lowest BCUT2D eigenvalue weighted by atomic mass is 9.96. The minimum Gasteiger partial charge on any atom is -0.494 e. The maximum atomic E-state index is 6.44. The molecule has 0 aromatic heterocycles. The molecule has 5 rings (SSSR count). The van der Waals surface area contributed by atoms with E-state index in [9.17, 15) is 0 Å². The zero-order chi connectivity index (χ0) is 20.7. The molecule has 0 N–H and O–H groups in total. The molecule has 0 bridgehead atoms. The van der Waals surface area contributed by atoms with Gasteiger partial charge in [-0.3, -0.25) is 0 Å². The van der Waals surface area contributed by atoms with E-state index >= 15 is 0 Å². The monoisotopic (exact) mass is 462 g/mol. The molecule has 0 fully saturated rings. The van der Waals surface area contributed by atoms with Crippen molar-refractivity contribution in [3.8, 4) is 11.5 Å². The van der Waals surface area contributed by atoms with E-state index in [1.165, 1.54) is 5.56 Å². The van der Waals surface area contributed by atoms with Crippen molar-refractivity contribution in [3.63, 3.8) is 0 Å². The Morgan fingerprint density at radius 1 is 1.07 bits per heavy atom. The summed E-state index contributed by atoms with van der Waals surface area (Å²) in [4.78, 5) is 0. The summed E-state index contributed by atoms with van der Waals surface area (Å²) >= 11 is 3.61. The second kappa shape index (κ2) is 7.80. The summed E-state index contributed by atoms with van der Waals surface area (Å²) in [5.41, 5.74) is 5.69. The Bertz CT molecular complexity index is 1090. The van der Waals surface area contributed by atoms with Gasteiger partial charge in [-0.2, -0.15) is 5.10 Å². The van der Waals surface area contributed by atoms with Crippen molar-refractivity contribution in [3.05, 3.63) is 93.5 Å². The number of hydrogen-bond acceptors (Lipinski definition) is 4. The first-order valence-electron chi connectivity index (χ1n) is 10.2. The number of halogens is 1. The molecule has 2 heterocycles. The van der Waals surface area contributed by atoms with Crippen molar-refractivity contribution >= 4 is 21.6 Å². The van der Waals surface area contributed by atoms with E-state index < -0.39 is 0 Å². The maximum absolute atomic E-state index is 6.44. The van der Waals surface area contributed by atoms with Crippen LogP contribution in [0.5, 0.6) is 11.5 Å². The predicted molar refractivity (Wildman–Crippen MR) is 122 cm³/mol. The van der Waals surface area contributed by atoms with E-state index in [1.807, 2.05) is 31.2 Å². The average Bonchev–Trinajstić information content (AvgIpc) is 3.21. The van der Waals surface area contributed by atoms with Crippen LogP contribution in [0.3, 0.4) is 0 Å². The molecule has 0 amide bonds. The molecule has 0 saturated heterocycles. The van der Waals surface area contributed by atoms with Gasteiger partial charge in [0.2, 0.25) is 6.23 Å². The van der Waals surface area contributed by atoms with E-state index in [1.54, 1.807) is 0 Å². The largest absolute Gasteiger partial charge is 0.494 e. The van der Waals surface area contributed by atoms with E-state index in [-0.39, 0.29) is 12.3 Å². The molecule has 3 aromatic rings. The number of benzene rings is 3. The normalized spacial score (nSPS) is 19.6. The van der Waals surface area contributed by atoms with Crippen molar-refractivity contribution in [1.29, 1.82) is 0 Å². The van der Waals surface area contributed by atoms with Crippen molar-refractivity contribution in [2.75, 3.05) is 6.61 Å². The molecule has 0 radical (unpaired) electrons. The van der Waals surface area contributed by atoms with E-state index in [2.05, 4.69) is 70.3 Å². The maximum Gasteiger partial charge on any atom is 0.213 e. The lowest BCUT2D eigenvalue weighted by Crippen LogP contribution is -2.33. The molecule has 0 unspecified atom stereocenters. The Morgan fingerprint density at radius 3 is 2.57 bits per heavy atom. The first-order chi connectivity index (χ1) is 14.6. The number of fused-ring (bicyclic) bond motifs is 3. The summed E-state index contributed by atoms with van der Waals surface area (Å²) in [5, 5.41) is 7.15. The summed E-state index contributed by atoms with van der Waals surface area (Å²) in [5.74, 6) is 1.81. The second-order valence-electron chi connectivity index (χ2n) is 7.67. The number of aryl methyl sites for hydroxylation is 1. The Kier molecular flexibility index (Phi) is 4.99. The number of hydrazone groups is 1. The second-order valence-corrected chi connectivity index (χ2v) is 8.58. The zero-order valence-electron chi connectivity index (χ0n) is 17.0. The first-order valence-corrected chi connectivity index (χ1v) is 11.0. The van der Waals surface area contributed by atoms with Crippen LogP contribution >= 0.6 is 15.9 Å². The van der Waals surface area contributed by atoms with Crippen LogP contribution in [0.1, 0.15) is 47.9 Å². The summed E-state index contributed by atoms with van der Waals surface area (Å²) in [7, 11) is 0. The summed E-state index contributed by atoms with van der Waals surface area (Å²) in [6.07, 6.45) is 0.591. The van der Waals surface area contributed by atoms with Gasteiger partial charge in [0.05, 0.1) is 18.4 Å². The van der Waals surface area contributed by atoms with Crippen molar-refractivity contribution in [1.82, 2.24) is 5.01 Å². The fraction of sp³-hybridized carbons (Fsp3) is 0.240. The standard InChI is InChI=1S/C25H23BrN2O2/c1-3-29-20-11-8-17(9-12-20)22-15-23-21-14-19(26)10-13-24(21)30-25(28(23)27-22)18-6-4-16(2)5-7-18/h4-14,23,25H,3,15H2,1-2H3/t23-,25+/m0/s1. The van der Waals surface area contributed by atoms with Gasteiger partial charge in [0.1, 0.15) is 11.5 Å². The highest BCUT2D eigenvalue weighted by Crippen LogP contribution is 2.48. The molecular weight excluding hydrogens is 440 g/mol. The Balaban J connectivity index is 1.54. The van der Waals surface area contributed by atoms with E-state index in [0.717, 1.165) is 44.8 Å². The molecule has 2 aliphatic heterocycles. The summed E-state index contributed by atoms with van der Waals surface area (Å²) in [6, 6.07) is 23.1. The van der Waals surface area contributed by atoms with Crippen molar-refractivity contribution in [2.45, 2.75) is 32.5 Å². The molecule has 4 nitrogen and oxygen atoms in total. The lowest BCUT2D eigenvalue weighted by molar-refractivity contribution is -0.0190. The fourth-order valence-electron chi connectivity index (χ4n) is 4.09. The third-order valence-corrected chi connectivity index (χ3v) is 6.11. The number of hydrogen-bond donors (Lipinski definition) is 0. The molecule has 0 spiro atoms. The van der Waals surface area contributed by atoms with Gasteiger partial charge in [-0.05, 0) is 61.9 Å². The predicted octanol–water partition coefficient (Wildman–Crippen LogP) is 6.40. The van der Waals surface area contributed by atoms with Gasteiger partial charge >= 0.3 is 0 Å². The van der Waals surface area contributed by atoms with E-state index in [0.29, 0.717) is 6.61 Å². The highest BCUT2D eigenvalue weighted by molar-refractivity contribution is 9.10. The van der Waals surface area contributed by atoms with Crippen LogP contribution in [0.2, 0.25) is 0 Å². The van der Waals surface area contributed by atoms with Crippen LogP contribution in [-0.2, 0) is 0 Å². The molecule has 5 heteroatoms. The van der Waals surface area contributed by atoms with Crippen molar-refractivity contribution in [2.24, 2.45) is 5.10 Å². The van der Waals surface area contributed by atoms with E-state index in [4.69, 9.17) is 14.6 Å². The quantitative estimate of drug-likeness (QED) is 0.449. The van der Waals surface area contributed by atoms with Crippen LogP contribution in [0.15, 0.2) is 76.3 Å².